The van der Waals surface area contributed by atoms with Crippen LogP contribution in [-0.2, 0) is 9.47 Å². The highest BCUT2D eigenvalue weighted by molar-refractivity contribution is 4.96. The van der Waals surface area contributed by atoms with Gasteiger partial charge in [0.15, 0.2) is 0 Å². The first-order valence-electron chi connectivity index (χ1n) is 5.33. The fourth-order valence-corrected chi connectivity index (χ4v) is 3.40. The molecule has 0 aromatic heterocycles. The third-order valence-corrected chi connectivity index (χ3v) is 4.21. The van der Waals surface area contributed by atoms with E-state index in [9.17, 15) is 0 Å². The van der Waals surface area contributed by atoms with Gasteiger partial charge in [0.2, 0.25) is 0 Å². The van der Waals surface area contributed by atoms with Crippen LogP contribution in [0.5, 0.6) is 0 Å². The van der Waals surface area contributed by atoms with Gasteiger partial charge in [0.05, 0.1) is 12.2 Å². The van der Waals surface area contributed by atoms with Crippen LogP contribution in [0.4, 0.5) is 0 Å². The van der Waals surface area contributed by atoms with E-state index in [0.717, 1.165) is 24.2 Å². The summed E-state index contributed by atoms with van der Waals surface area (Å²) in [5.74, 6) is 2.38. The highest BCUT2D eigenvalue weighted by Gasteiger charge is 2.47. The maximum absolute atomic E-state index is 5.54. The molecule has 4 unspecified atom stereocenters. The molecule has 0 aromatic rings. The lowest BCUT2D eigenvalue weighted by Gasteiger charge is -2.38. The van der Waals surface area contributed by atoms with Crippen LogP contribution in [0.2, 0.25) is 0 Å². The van der Waals surface area contributed by atoms with Crippen LogP contribution < -0.4 is 0 Å². The molecule has 2 rings (SSSR count). The Morgan fingerprint density at radius 1 is 0.923 bits per heavy atom. The highest BCUT2D eigenvalue weighted by atomic mass is 16.5. The fraction of sp³-hybridized carbons (Fsp3) is 1.00. The van der Waals surface area contributed by atoms with E-state index in [0.29, 0.717) is 12.2 Å². The zero-order chi connectivity index (χ0) is 9.42. The minimum atomic E-state index is 0.443. The molecule has 0 radical (unpaired) electrons. The summed E-state index contributed by atoms with van der Waals surface area (Å²) in [6.45, 7) is 2.36. The van der Waals surface area contributed by atoms with E-state index in [2.05, 4.69) is 6.92 Å². The van der Waals surface area contributed by atoms with Crippen LogP contribution in [0, 0.1) is 17.8 Å². The first-order chi connectivity index (χ1) is 6.27. The fourth-order valence-electron chi connectivity index (χ4n) is 3.40. The standard InChI is InChI=1S/C11H20O2/c1-7-8-4-5-9(7)11(13-3)6-10(8)12-2/h7-11H,4-6H2,1-3H3. The summed E-state index contributed by atoms with van der Waals surface area (Å²) in [5.41, 5.74) is 0. The highest BCUT2D eigenvalue weighted by Crippen LogP contribution is 2.48. The SMILES string of the molecule is COC1CC(OC)C2CCC1C2C. The van der Waals surface area contributed by atoms with Gasteiger partial charge in [-0.25, -0.2) is 0 Å². The van der Waals surface area contributed by atoms with Gasteiger partial charge in [-0.3, -0.25) is 0 Å². The van der Waals surface area contributed by atoms with Gasteiger partial charge in [0.1, 0.15) is 0 Å². The average molecular weight is 184 g/mol. The second-order valence-corrected chi connectivity index (χ2v) is 4.55. The molecule has 2 fully saturated rings. The van der Waals surface area contributed by atoms with Gasteiger partial charge in [-0.05, 0) is 30.6 Å². The molecule has 0 N–H and O–H groups in total. The third-order valence-electron chi connectivity index (χ3n) is 4.21. The Balaban J connectivity index is 2.12. The number of hydrogen-bond acceptors (Lipinski definition) is 2. The van der Waals surface area contributed by atoms with E-state index in [4.69, 9.17) is 9.47 Å². The molecule has 0 amide bonds. The van der Waals surface area contributed by atoms with Crippen molar-refractivity contribution in [2.75, 3.05) is 14.2 Å². The molecule has 0 aromatic carbocycles. The summed E-state index contributed by atoms with van der Waals surface area (Å²) in [4.78, 5) is 0. The van der Waals surface area contributed by atoms with Crippen molar-refractivity contribution >= 4 is 0 Å². The predicted octanol–water partition coefficient (Wildman–Crippen LogP) is 2.08. The molecule has 2 bridgehead atoms. The van der Waals surface area contributed by atoms with Crippen LogP contribution in [0.1, 0.15) is 26.2 Å². The maximum Gasteiger partial charge on any atom is 0.0626 e. The largest absolute Gasteiger partial charge is 0.381 e. The average Bonchev–Trinajstić information content (AvgIpc) is 2.44. The second kappa shape index (κ2) is 3.58. The van der Waals surface area contributed by atoms with Gasteiger partial charge >= 0.3 is 0 Å². The molecule has 4 atom stereocenters. The lowest BCUT2D eigenvalue weighted by molar-refractivity contribution is -0.0708. The molecule has 0 heterocycles. The molecule has 0 saturated heterocycles. The molecule has 0 spiro atoms. The Morgan fingerprint density at radius 3 is 1.77 bits per heavy atom. The molecule has 2 aliphatic rings. The van der Waals surface area contributed by atoms with Crippen LogP contribution in [0.3, 0.4) is 0 Å². The number of rotatable bonds is 2. The topological polar surface area (TPSA) is 18.5 Å². The van der Waals surface area contributed by atoms with Crippen LogP contribution >= 0.6 is 0 Å². The van der Waals surface area contributed by atoms with Gasteiger partial charge in [0, 0.05) is 20.6 Å². The minimum absolute atomic E-state index is 0.443. The first-order valence-corrected chi connectivity index (χ1v) is 5.33. The van der Waals surface area contributed by atoms with Crippen molar-refractivity contribution in [2.45, 2.75) is 38.4 Å². The molecule has 2 heteroatoms. The van der Waals surface area contributed by atoms with Gasteiger partial charge < -0.3 is 9.47 Å². The normalized spacial score (nSPS) is 49.6. The molecule has 2 nitrogen and oxygen atoms in total. The summed E-state index contributed by atoms with van der Waals surface area (Å²) in [6, 6.07) is 0. The Bertz CT molecular complexity index is 163. The Kier molecular flexibility index (Phi) is 2.61. The number of ether oxygens (including phenoxy) is 2. The van der Waals surface area contributed by atoms with Crippen molar-refractivity contribution in [2.24, 2.45) is 17.8 Å². The molecular formula is C11H20O2. The Labute approximate surface area is 80.6 Å². The van der Waals surface area contributed by atoms with E-state index in [-0.39, 0.29) is 0 Å². The molecule has 2 aliphatic carbocycles. The molecular weight excluding hydrogens is 164 g/mol. The molecule has 76 valence electrons. The quantitative estimate of drug-likeness (QED) is 0.654. The predicted molar refractivity (Wildman–Crippen MR) is 51.6 cm³/mol. The summed E-state index contributed by atoms with van der Waals surface area (Å²) in [6.07, 6.45) is 4.67. The van der Waals surface area contributed by atoms with Gasteiger partial charge in [-0.1, -0.05) is 6.92 Å². The van der Waals surface area contributed by atoms with Crippen LogP contribution in [0.25, 0.3) is 0 Å². The van der Waals surface area contributed by atoms with E-state index in [1.807, 2.05) is 14.2 Å². The van der Waals surface area contributed by atoms with Crippen molar-refractivity contribution in [1.82, 2.24) is 0 Å². The number of methoxy groups -OCH3 is 2. The van der Waals surface area contributed by atoms with E-state index >= 15 is 0 Å². The lowest BCUT2D eigenvalue weighted by Crippen LogP contribution is -2.40. The summed E-state index contributed by atoms with van der Waals surface area (Å²) in [7, 11) is 3.67. The zero-order valence-electron chi connectivity index (χ0n) is 8.82. The monoisotopic (exact) mass is 184 g/mol. The summed E-state index contributed by atoms with van der Waals surface area (Å²) < 4.78 is 11.1. The first kappa shape index (κ1) is 9.47. The van der Waals surface area contributed by atoms with Crippen molar-refractivity contribution in [3.05, 3.63) is 0 Å². The van der Waals surface area contributed by atoms with Crippen LogP contribution in [0.15, 0.2) is 0 Å². The summed E-state index contributed by atoms with van der Waals surface area (Å²) in [5, 5.41) is 0. The Hall–Kier alpha value is -0.0800. The smallest absolute Gasteiger partial charge is 0.0626 e. The molecule has 0 aliphatic heterocycles. The van der Waals surface area contributed by atoms with E-state index < -0.39 is 0 Å². The lowest BCUT2D eigenvalue weighted by atomic mass is 9.76. The van der Waals surface area contributed by atoms with Gasteiger partial charge in [0.25, 0.3) is 0 Å². The van der Waals surface area contributed by atoms with Crippen molar-refractivity contribution in [1.29, 1.82) is 0 Å². The molecule has 2 saturated carbocycles. The number of hydrogen-bond donors (Lipinski definition) is 0. The van der Waals surface area contributed by atoms with Gasteiger partial charge in [-0.2, -0.15) is 0 Å². The van der Waals surface area contributed by atoms with E-state index in [1.165, 1.54) is 12.8 Å². The zero-order valence-corrected chi connectivity index (χ0v) is 8.82. The van der Waals surface area contributed by atoms with Crippen molar-refractivity contribution in [3.8, 4) is 0 Å². The van der Waals surface area contributed by atoms with Crippen LogP contribution in [-0.4, -0.2) is 26.4 Å². The Morgan fingerprint density at radius 2 is 1.38 bits per heavy atom. The second-order valence-electron chi connectivity index (χ2n) is 4.55. The van der Waals surface area contributed by atoms with Crippen molar-refractivity contribution in [3.63, 3.8) is 0 Å². The molecule has 13 heavy (non-hydrogen) atoms. The number of fused-ring (bicyclic) bond motifs is 2. The third kappa shape index (κ3) is 1.40. The summed E-state index contributed by atoms with van der Waals surface area (Å²) >= 11 is 0. The van der Waals surface area contributed by atoms with Crippen molar-refractivity contribution < 1.29 is 9.47 Å². The van der Waals surface area contributed by atoms with Gasteiger partial charge in [-0.15, -0.1) is 0 Å². The maximum atomic E-state index is 5.54. The minimum Gasteiger partial charge on any atom is -0.381 e. The van der Waals surface area contributed by atoms with E-state index in [1.54, 1.807) is 0 Å².